The molecule has 0 rings (SSSR count). The molecule has 0 saturated carbocycles. The maximum atomic E-state index is 10.8. The Morgan fingerprint density at radius 1 is 1.54 bits per heavy atom. The number of nitrogens with one attached hydrogen (secondary N) is 2. The standard InChI is InChI=1S/C5H11N5O3/c1-10(4(6)7)2-3(11)13-9-5(8)12/h2H2,1H3,(H3,6,7)(H3,8,9,12). The highest BCUT2D eigenvalue weighted by molar-refractivity contribution is 5.81. The number of urea groups is 1. The lowest BCUT2D eigenvalue weighted by molar-refractivity contribution is -0.148. The molecule has 0 radical (unpaired) electrons. The van der Waals surface area contributed by atoms with Gasteiger partial charge in [0, 0.05) is 7.05 Å². The fourth-order valence-electron chi connectivity index (χ4n) is 0.418. The SMILES string of the molecule is CN(CC(=O)ONC(N)=O)C(=N)N. The van der Waals surface area contributed by atoms with E-state index in [1.807, 2.05) is 0 Å². The first-order valence-corrected chi connectivity index (χ1v) is 3.23. The predicted molar refractivity (Wildman–Crippen MR) is 43.4 cm³/mol. The van der Waals surface area contributed by atoms with Crippen LogP contribution < -0.4 is 16.9 Å². The summed E-state index contributed by atoms with van der Waals surface area (Å²) in [4.78, 5) is 26.1. The summed E-state index contributed by atoms with van der Waals surface area (Å²) in [6, 6.07) is -0.973. The van der Waals surface area contributed by atoms with Crippen molar-refractivity contribution in [2.75, 3.05) is 13.6 Å². The highest BCUT2D eigenvalue weighted by atomic mass is 16.7. The van der Waals surface area contributed by atoms with E-state index in [0.29, 0.717) is 0 Å². The summed E-state index contributed by atoms with van der Waals surface area (Å²) in [5.74, 6) is -1.05. The van der Waals surface area contributed by atoms with Crippen molar-refractivity contribution in [1.82, 2.24) is 10.4 Å². The average molecular weight is 189 g/mol. The number of nitrogens with zero attached hydrogens (tertiary/aromatic N) is 1. The van der Waals surface area contributed by atoms with Crippen LogP contribution in [0.4, 0.5) is 4.79 Å². The minimum Gasteiger partial charge on any atom is -0.370 e. The number of amides is 2. The van der Waals surface area contributed by atoms with Gasteiger partial charge >= 0.3 is 12.0 Å². The van der Waals surface area contributed by atoms with E-state index in [1.165, 1.54) is 7.05 Å². The summed E-state index contributed by atoms with van der Waals surface area (Å²) >= 11 is 0. The van der Waals surface area contributed by atoms with Gasteiger partial charge in [-0.3, -0.25) is 5.41 Å². The van der Waals surface area contributed by atoms with Crippen molar-refractivity contribution >= 4 is 18.0 Å². The van der Waals surface area contributed by atoms with Crippen LogP contribution in [0.3, 0.4) is 0 Å². The third-order valence-corrected chi connectivity index (χ3v) is 1.04. The first kappa shape index (κ1) is 11.0. The van der Waals surface area contributed by atoms with Gasteiger partial charge in [0.25, 0.3) is 0 Å². The van der Waals surface area contributed by atoms with Crippen LogP contribution in [0.1, 0.15) is 0 Å². The van der Waals surface area contributed by atoms with Crippen molar-refractivity contribution in [3.8, 4) is 0 Å². The summed E-state index contributed by atoms with van der Waals surface area (Å²) in [5, 5.41) is 6.89. The van der Waals surface area contributed by atoms with Crippen LogP contribution in [0.25, 0.3) is 0 Å². The van der Waals surface area contributed by atoms with Gasteiger partial charge in [0.1, 0.15) is 6.54 Å². The normalized spacial score (nSPS) is 8.69. The third kappa shape index (κ3) is 5.30. The Balaban J connectivity index is 3.74. The minimum absolute atomic E-state index is 0.240. The molecule has 0 aromatic carbocycles. The van der Waals surface area contributed by atoms with E-state index in [4.69, 9.17) is 11.1 Å². The summed E-state index contributed by atoms with van der Waals surface area (Å²) in [7, 11) is 1.42. The summed E-state index contributed by atoms with van der Waals surface area (Å²) < 4.78 is 0. The number of hydrogen-bond acceptors (Lipinski definition) is 4. The fourth-order valence-corrected chi connectivity index (χ4v) is 0.418. The zero-order chi connectivity index (χ0) is 10.4. The van der Waals surface area contributed by atoms with Crippen LogP contribution in [0.15, 0.2) is 0 Å². The molecule has 8 nitrogen and oxygen atoms in total. The lowest BCUT2D eigenvalue weighted by atomic mass is 10.6. The highest BCUT2D eigenvalue weighted by Gasteiger charge is 2.09. The Morgan fingerprint density at radius 2 is 2.08 bits per heavy atom. The maximum Gasteiger partial charge on any atom is 0.351 e. The lowest BCUT2D eigenvalue weighted by Gasteiger charge is -2.14. The second-order valence-corrected chi connectivity index (χ2v) is 2.18. The number of nitrogens with two attached hydrogens (primary N) is 2. The molecule has 0 fully saturated rings. The Hall–Kier alpha value is -1.99. The van der Waals surface area contributed by atoms with Gasteiger partial charge in [0.2, 0.25) is 0 Å². The van der Waals surface area contributed by atoms with Crippen LogP contribution >= 0.6 is 0 Å². The van der Waals surface area contributed by atoms with Crippen molar-refractivity contribution < 1.29 is 14.4 Å². The first-order chi connectivity index (χ1) is 5.93. The number of carbonyl (C=O) groups is 2. The molecule has 0 unspecified atom stereocenters. The molecule has 0 aliphatic heterocycles. The second kappa shape index (κ2) is 4.80. The van der Waals surface area contributed by atoms with Crippen molar-refractivity contribution in [1.29, 1.82) is 5.41 Å². The van der Waals surface area contributed by atoms with Crippen molar-refractivity contribution in [2.24, 2.45) is 11.5 Å². The van der Waals surface area contributed by atoms with Crippen molar-refractivity contribution in [3.05, 3.63) is 0 Å². The number of hydroxylamine groups is 1. The molecule has 0 heterocycles. The molecule has 6 N–H and O–H groups in total. The molecule has 0 aliphatic rings. The first-order valence-electron chi connectivity index (χ1n) is 3.23. The fraction of sp³-hybridized carbons (Fsp3) is 0.400. The van der Waals surface area contributed by atoms with E-state index in [2.05, 4.69) is 10.6 Å². The van der Waals surface area contributed by atoms with E-state index in [9.17, 15) is 9.59 Å². The predicted octanol–water partition coefficient (Wildman–Crippen LogP) is -2.06. The molecule has 0 atom stereocenters. The van der Waals surface area contributed by atoms with E-state index >= 15 is 0 Å². The van der Waals surface area contributed by atoms with Gasteiger partial charge < -0.3 is 21.2 Å². The Bertz CT molecular complexity index is 228. The monoisotopic (exact) mass is 189 g/mol. The topological polar surface area (TPSA) is 135 Å². The quantitative estimate of drug-likeness (QED) is 0.225. The number of primary amides is 1. The molecule has 13 heavy (non-hydrogen) atoms. The number of guanidine groups is 1. The van der Waals surface area contributed by atoms with Gasteiger partial charge in [-0.2, -0.15) is 5.48 Å². The summed E-state index contributed by atoms with van der Waals surface area (Å²) in [6.45, 7) is -0.240. The molecule has 0 saturated heterocycles. The largest absolute Gasteiger partial charge is 0.370 e. The molecule has 0 aromatic heterocycles. The molecule has 8 heteroatoms. The molecular formula is C5H11N5O3. The van der Waals surface area contributed by atoms with Gasteiger partial charge in [-0.05, 0) is 0 Å². The molecule has 0 aromatic rings. The van der Waals surface area contributed by atoms with Gasteiger partial charge in [-0.1, -0.05) is 0 Å². The van der Waals surface area contributed by atoms with E-state index in [-0.39, 0.29) is 12.5 Å². The van der Waals surface area contributed by atoms with Crippen molar-refractivity contribution in [2.45, 2.75) is 0 Å². The molecule has 74 valence electrons. The van der Waals surface area contributed by atoms with Crippen LogP contribution in [0.2, 0.25) is 0 Å². The Labute approximate surface area is 74.3 Å². The highest BCUT2D eigenvalue weighted by Crippen LogP contribution is 1.81. The van der Waals surface area contributed by atoms with Crippen molar-refractivity contribution in [3.63, 3.8) is 0 Å². The lowest BCUT2D eigenvalue weighted by Crippen LogP contribution is -2.40. The molecule has 0 aliphatic carbocycles. The van der Waals surface area contributed by atoms with E-state index in [1.54, 1.807) is 5.48 Å². The average Bonchev–Trinajstić information content (AvgIpc) is 2.00. The molecule has 0 spiro atoms. The summed E-state index contributed by atoms with van der Waals surface area (Å²) in [5.41, 5.74) is 11.3. The Morgan fingerprint density at radius 3 is 2.46 bits per heavy atom. The zero-order valence-corrected chi connectivity index (χ0v) is 7.03. The molecular weight excluding hydrogens is 178 g/mol. The second-order valence-electron chi connectivity index (χ2n) is 2.18. The third-order valence-electron chi connectivity index (χ3n) is 1.04. The van der Waals surface area contributed by atoms with Crippen LogP contribution in [-0.2, 0) is 9.63 Å². The van der Waals surface area contributed by atoms with E-state index < -0.39 is 12.0 Å². The smallest absolute Gasteiger partial charge is 0.351 e. The van der Waals surface area contributed by atoms with Crippen LogP contribution in [0.5, 0.6) is 0 Å². The summed E-state index contributed by atoms with van der Waals surface area (Å²) in [6.07, 6.45) is 0. The number of hydrogen-bond donors (Lipinski definition) is 4. The van der Waals surface area contributed by atoms with E-state index in [0.717, 1.165) is 4.90 Å². The molecule has 0 bridgehead atoms. The maximum absolute atomic E-state index is 10.8. The van der Waals surface area contributed by atoms with Crippen LogP contribution in [-0.4, -0.2) is 36.5 Å². The molecule has 2 amide bonds. The number of likely N-dealkylation sites (N-methyl/N-ethyl adjacent to an activating group) is 1. The van der Waals surface area contributed by atoms with Gasteiger partial charge in [0.15, 0.2) is 5.96 Å². The zero-order valence-electron chi connectivity index (χ0n) is 7.03. The van der Waals surface area contributed by atoms with Crippen LogP contribution in [0, 0.1) is 5.41 Å². The Kier molecular flexibility index (Phi) is 4.07. The van der Waals surface area contributed by atoms with Gasteiger partial charge in [0.05, 0.1) is 0 Å². The minimum atomic E-state index is -0.973. The van der Waals surface area contributed by atoms with Gasteiger partial charge in [-0.15, -0.1) is 0 Å². The number of carbonyl (C=O) groups excluding carboxylic acids is 2. The number of rotatable bonds is 2. The van der Waals surface area contributed by atoms with Gasteiger partial charge in [-0.25, -0.2) is 9.59 Å².